The van der Waals surface area contributed by atoms with Gasteiger partial charge in [-0.3, -0.25) is 19.3 Å². The number of hydrogen-bond donors (Lipinski definition) is 3. The van der Waals surface area contributed by atoms with Crippen molar-refractivity contribution in [1.29, 1.82) is 0 Å². The Morgan fingerprint density at radius 2 is 1.63 bits per heavy atom. The molecule has 0 bridgehead atoms. The van der Waals surface area contributed by atoms with Crippen molar-refractivity contribution in [3.8, 4) is 17.1 Å². The Hall–Kier alpha value is -4.98. The Kier molecular flexibility index (Phi) is 5.92. The SMILES string of the molecule is O=C(NN=Cc1c(O)n(Cc2ccccc2)c(=O)c2ccccc12)c1cc(-c2ccccc2)n[nH]1. The number of nitrogens with zero attached hydrogens (tertiary/aromatic N) is 3. The lowest BCUT2D eigenvalue weighted by molar-refractivity contribution is 0.0950. The van der Waals surface area contributed by atoms with Crippen LogP contribution in [0.5, 0.6) is 5.88 Å². The first-order valence-electron chi connectivity index (χ1n) is 10.9. The summed E-state index contributed by atoms with van der Waals surface area (Å²) in [5, 5.41) is 22.9. The molecule has 2 heterocycles. The minimum Gasteiger partial charge on any atom is -0.494 e. The van der Waals surface area contributed by atoms with Gasteiger partial charge in [0.2, 0.25) is 5.88 Å². The number of pyridine rings is 1. The minimum absolute atomic E-state index is 0.194. The second kappa shape index (κ2) is 9.48. The van der Waals surface area contributed by atoms with Crippen LogP contribution in [0.2, 0.25) is 0 Å². The molecule has 0 fully saturated rings. The predicted molar refractivity (Wildman–Crippen MR) is 135 cm³/mol. The van der Waals surface area contributed by atoms with Gasteiger partial charge in [-0.1, -0.05) is 78.9 Å². The number of rotatable bonds is 6. The third kappa shape index (κ3) is 4.45. The summed E-state index contributed by atoms with van der Waals surface area (Å²) in [5.41, 5.74) is 5.08. The second-order valence-corrected chi connectivity index (χ2v) is 7.89. The largest absolute Gasteiger partial charge is 0.494 e. The number of H-pyrrole nitrogens is 1. The lowest BCUT2D eigenvalue weighted by Crippen LogP contribution is -2.23. The molecule has 0 aliphatic carbocycles. The molecule has 8 heteroatoms. The summed E-state index contributed by atoms with van der Waals surface area (Å²) in [6, 6.07) is 27.5. The van der Waals surface area contributed by atoms with Crippen molar-refractivity contribution < 1.29 is 9.90 Å². The van der Waals surface area contributed by atoms with Gasteiger partial charge in [0.1, 0.15) is 5.69 Å². The molecule has 0 saturated heterocycles. The number of benzene rings is 3. The maximum Gasteiger partial charge on any atom is 0.289 e. The van der Waals surface area contributed by atoms with Crippen molar-refractivity contribution in [1.82, 2.24) is 20.2 Å². The van der Waals surface area contributed by atoms with Crippen LogP contribution in [0.3, 0.4) is 0 Å². The van der Waals surface area contributed by atoms with E-state index in [1.807, 2.05) is 60.7 Å². The molecular weight excluding hydrogens is 442 g/mol. The van der Waals surface area contributed by atoms with E-state index in [0.717, 1.165) is 11.1 Å². The van der Waals surface area contributed by atoms with Gasteiger partial charge in [-0.15, -0.1) is 0 Å². The third-order valence-corrected chi connectivity index (χ3v) is 5.62. The first-order chi connectivity index (χ1) is 17.1. The highest BCUT2D eigenvalue weighted by atomic mass is 16.3. The molecule has 0 spiro atoms. The van der Waals surface area contributed by atoms with E-state index in [0.29, 0.717) is 22.0 Å². The fourth-order valence-electron chi connectivity index (χ4n) is 3.86. The highest BCUT2D eigenvalue weighted by Crippen LogP contribution is 2.24. The zero-order valence-electron chi connectivity index (χ0n) is 18.6. The highest BCUT2D eigenvalue weighted by molar-refractivity contribution is 6.02. The number of aromatic nitrogens is 3. The first kappa shape index (κ1) is 21.8. The zero-order chi connectivity index (χ0) is 24.2. The molecule has 172 valence electrons. The summed E-state index contributed by atoms with van der Waals surface area (Å²) < 4.78 is 1.29. The molecule has 8 nitrogen and oxygen atoms in total. The molecule has 0 atom stereocenters. The Labute approximate surface area is 200 Å². The van der Waals surface area contributed by atoms with Gasteiger partial charge >= 0.3 is 0 Å². The van der Waals surface area contributed by atoms with Crippen LogP contribution in [-0.2, 0) is 6.54 Å². The summed E-state index contributed by atoms with van der Waals surface area (Å²) in [7, 11) is 0. The normalized spacial score (nSPS) is 11.2. The van der Waals surface area contributed by atoms with E-state index >= 15 is 0 Å². The highest BCUT2D eigenvalue weighted by Gasteiger charge is 2.16. The lowest BCUT2D eigenvalue weighted by atomic mass is 10.1. The van der Waals surface area contributed by atoms with Gasteiger partial charge in [-0.2, -0.15) is 10.2 Å². The van der Waals surface area contributed by atoms with Gasteiger partial charge in [0.25, 0.3) is 11.5 Å². The molecule has 5 aromatic rings. The molecule has 3 aromatic carbocycles. The van der Waals surface area contributed by atoms with E-state index in [9.17, 15) is 14.7 Å². The molecule has 1 amide bonds. The molecule has 0 aliphatic heterocycles. The number of carbonyl (C=O) groups excluding carboxylic acids is 1. The summed E-state index contributed by atoms with van der Waals surface area (Å²) in [5.74, 6) is -0.721. The molecular formula is C27H21N5O3. The van der Waals surface area contributed by atoms with Crippen molar-refractivity contribution in [3.05, 3.63) is 118 Å². The molecule has 3 N–H and O–H groups in total. The van der Waals surface area contributed by atoms with Crippen LogP contribution in [0, 0.1) is 0 Å². The van der Waals surface area contributed by atoms with Crippen molar-refractivity contribution in [2.24, 2.45) is 5.10 Å². The van der Waals surface area contributed by atoms with Gasteiger partial charge in [-0.25, -0.2) is 5.43 Å². The molecule has 0 unspecified atom stereocenters. The fraction of sp³-hybridized carbons (Fsp3) is 0.0370. The quantitative estimate of drug-likeness (QED) is 0.262. The minimum atomic E-state index is -0.489. The van der Waals surface area contributed by atoms with Gasteiger partial charge in [-0.05, 0) is 17.7 Å². The Balaban J connectivity index is 1.44. The monoisotopic (exact) mass is 463 g/mol. The Bertz CT molecular complexity index is 1590. The summed E-state index contributed by atoms with van der Waals surface area (Å²) in [6.07, 6.45) is 1.34. The van der Waals surface area contributed by atoms with Gasteiger partial charge < -0.3 is 5.11 Å². The zero-order valence-corrected chi connectivity index (χ0v) is 18.6. The number of amides is 1. The molecule has 2 aromatic heterocycles. The predicted octanol–water partition coefficient (Wildman–Crippen LogP) is 3.91. The standard InChI is InChI=1S/C27H21N5O3/c33-25(24-15-23(29-30-24)19-11-5-2-6-12-19)31-28-16-22-20-13-7-8-14-21(20)26(34)32(27(22)35)17-18-9-3-1-4-10-18/h1-16,35H,17H2,(H,29,30)(H,31,33). The topological polar surface area (TPSA) is 112 Å². The van der Waals surface area contributed by atoms with Crippen molar-refractivity contribution in [2.75, 3.05) is 0 Å². The van der Waals surface area contributed by atoms with E-state index < -0.39 is 5.91 Å². The van der Waals surface area contributed by atoms with Crippen LogP contribution in [0.4, 0.5) is 0 Å². The fourth-order valence-corrected chi connectivity index (χ4v) is 3.86. The molecule has 5 rings (SSSR count). The maximum absolute atomic E-state index is 13.1. The third-order valence-electron chi connectivity index (χ3n) is 5.62. The van der Waals surface area contributed by atoms with E-state index in [-0.39, 0.29) is 23.7 Å². The number of hydrazone groups is 1. The molecule has 0 saturated carbocycles. The summed E-state index contributed by atoms with van der Waals surface area (Å²) in [4.78, 5) is 25.6. The van der Waals surface area contributed by atoms with Crippen LogP contribution in [-0.4, -0.2) is 32.0 Å². The summed E-state index contributed by atoms with van der Waals surface area (Å²) >= 11 is 0. The van der Waals surface area contributed by atoms with E-state index in [1.54, 1.807) is 30.3 Å². The van der Waals surface area contributed by atoms with Crippen molar-refractivity contribution >= 4 is 22.9 Å². The van der Waals surface area contributed by atoms with Crippen LogP contribution in [0.25, 0.3) is 22.0 Å². The number of hydrogen-bond acceptors (Lipinski definition) is 5. The first-order valence-corrected chi connectivity index (χ1v) is 10.9. The number of carbonyl (C=O) groups is 1. The number of fused-ring (bicyclic) bond motifs is 1. The van der Waals surface area contributed by atoms with Crippen LogP contribution in [0.15, 0.2) is 101 Å². The maximum atomic E-state index is 13.1. The lowest BCUT2D eigenvalue weighted by Gasteiger charge is -2.13. The Morgan fingerprint density at radius 1 is 0.971 bits per heavy atom. The van der Waals surface area contributed by atoms with E-state index in [2.05, 4.69) is 20.7 Å². The Morgan fingerprint density at radius 3 is 2.37 bits per heavy atom. The smallest absolute Gasteiger partial charge is 0.289 e. The van der Waals surface area contributed by atoms with Gasteiger partial charge in [0, 0.05) is 16.3 Å². The second-order valence-electron chi connectivity index (χ2n) is 7.89. The number of aromatic hydroxyl groups is 1. The van der Waals surface area contributed by atoms with Gasteiger partial charge in [0.05, 0.1) is 24.0 Å². The van der Waals surface area contributed by atoms with Crippen LogP contribution < -0.4 is 11.0 Å². The average molecular weight is 463 g/mol. The van der Waals surface area contributed by atoms with E-state index in [4.69, 9.17) is 0 Å². The molecule has 35 heavy (non-hydrogen) atoms. The van der Waals surface area contributed by atoms with Crippen LogP contribution >= 0.6 is 0 Å². The number of nitrogens with one attached hydrogen (secondary N) is 2. The van der Waals surface area contributed by atoms with Crippen molar-refractivity contribution in [3.63, 3.8) is 0 Å². The van der Waals surface area contributed by atoms with E-state index in [1.165, 1.54) is 10.8 Å². The van der Waals surface area contributed by atoms with Gasteiger partial charge in [0.15, 0.2) is 0 Å². The van der Waals surface area contributed by atoms with Crippen LogP contribution in [0.1, 0.15) is 21.6 Å². The number of aromatic amines is 1. The molecule has 0 aliphatic rings. The van der Waals surface area contributed by atoms with Crippen molar-refractivity contribution in [2.45, 2.75) is 6.54 Å². The molecule has 0 radical (unpaired) electrons. The summed E-state index contributed by atoms with van der Waals surface area (Å²) in [6.45, 7) is 0.194. The average Bonchev–Trinajstić information content (AvgIpc) is 3.40.